The van der Waals surface area contributed by atoms with Crippen LogP contribution in [0.1, 0.15) is 5.56 Å². The molecule has 2 amide bonds. The molecule has 0 aliphatic carbocycles. The number of carbonyl (C=O) groups excluding carboxylic acids is 2. The molecule has 2 aromatic carbocycles. The van der Waals surface area contributed by atoms with Gasteiger partial charge < -0.3 is 5.32 Å². The van der Waals surface area contributed by atoms with Gasteiger partial charge in [-0.1, -0.05) is 12.1 Å². The molecule has 0 radical (unpaired) electrons. The van der Waals surface area contributed by atoms with E-state index in [-0.39, 0.29) is 17.1 Å². The van der Waals surface area contributed by atoms with Crippen molar-refractivity contribution in [2.45, 2.75) is 0 Å². The molecule has 0 saturated heterocycles. The molecule has 132 valence electrons. The SMILES string of the molecule is O=C(N/N=C\c1cccc([N+](=O)[O-])c1)C(=O)Nc1ccc([N+](=O)[O-])cc1. The molecule has 0 fully saturated rings. The monoisotopic (exact) mass is 357 g/mol. The lowest BCUT2D eigenvalue weighted by molar-refractivity contribution is -0.385. The quantitative estimate of drug-likeness (QED) is 0.358. The summed E-state index contributed by atoms with van der Waals surface area (Å²) < 4.78 is 0. The number of nitrogens with zero attached hydrogens (tertiary/aromatic N) is 3. The molecule has 0 aliphatic heterocycles. The average molecular weight is 357 g/mol. The first-order valence-electron chi connectivity index (χ1n) is 7.00. The molecule has 0 heterocycles. The van der Waals surface area contributed by atoms with E-state index in [1.165, 1.54) is 48.5 Å². The van der Waals surface area contributed by atoms with E-state index in [1.807, 2.05) is 5.43 Å². The molecule has 2 N–H and O–H groups in total. The summed E-state index contributed by atoms with van der Waals surface area (Å²) in [4.78, 5) is 43.4. The van der Waals surface area contributed by atoms with E-state index in [4.69, 9.17) is 0 Å². The van der Waals surface area contributed by atoms with Crippen molar-refractivity contribution >= 4 is 35.1 Å². The molecule has 26 heavy (non-hydrogen) atoms. The molecule has 2 rings (SSSR count). The largest absolute Gasteiger partial charge is 0.329 e. The molecule has 0 aliphatic rings. The van der Waals surface area contributed by atoms with Gasteiger partial charge >= 0.3 is 11.8 Å². The number of benzene rings is 2. The normalized spacial score (nSPS) is 10.3. The van der Waals surface area contributed by atoms with E-state index in [0.717, 1.165) is 6.21 Å². The van der Waals surface area contributed by atoms with E-state index in [1.54, 1.807) is 0 Å². The maximum atomic E-state index is 11.7. The third-order valence-electron chi connectivity index (χ3n) is 3.00. The van der Waals surface area contributed by atoms with Gasteiger partial charge in [-0.2, -0.15) is 5.10 Å². The van der Waals surface area contributed by atoms with Crippen LogP contribution in [0.25, 0.3) is 0 Å². The second kappa shape index (κ2) is 8.10. The van der Waals surface area contributed by atoms with Crippen molar-refractivity contribution in [2.75, 3.05) is 5.32 Å². The summed E-state index contributed by atoms with van der Waals surface area (Å²) >= 11 is 0. The van der Waals surface area contributed by atoms with Gasteiger partial charge in [0.2, 0.25) is 0 Å². The number of nitrogens with one attached hydrogen (secondary N) is 2. The summed E-state index contributed by atoms with van der Waals surface area (Å²) in [5.74, 6) is -2.11. The maximum Gasteiger partial charge on any atom is 0.329 e. The van der Waals surface area contributed by atoms with Crippen LogP contribution in [0.4, 0.5) is 17.1 Å². The minimum Gasteiger partial charge on any atom is -0.318 e. The predicted octanol–water partition coefficient (Wildman–Crippen LogP) is 1.59. The smallest absolute Gasteiger partial charge is 0.318 e. The number of nitro groups is 2. The molecular weight excluding hydrogens is 346 g/mol. The highest BCUT2D eigenvalue weighted by molar-refractivity contribution is 6.39. The van der Waals surface area contributed by atoms with Crippen LogP contribution in [0.3, 0.4) is 0 Å². The first-order valence-corrected chi connectivity index (χ1v) is 7.00. The Morgan fingerprint density at radius 3 is 2.19 bits per heavy atom. The molecule has 0 unspecified atom stereocenters. The molecule has 11 nitrogen and oxygen atoms in total. The number of nitro benzene ring substituents is 2. The summed E-state index contributed by atoms with van der Waals surface area (Å²) in [6.07, 6.45) is 1.14. The van der Waals surface area contributed by atoms with Crippen molar-refractivity contribution in [3.05, 3.63) is 74.3 Å². The number of carbonyl (C=O) groups is 2. The van der Waals surface area contributed by atoms with Crippen molar-refractivity contribution in [3.63, 3.8) is 0 Å². The number of anilines is 1. The zero-order valence-electron chi connectivity index (χ0n) is 13.0. The summed E-state index contributed by atoms with van der Waals surface area (Å²) in [7, 11) is 0. The number of hydrogen-bond acceptors (Lipinski definition) is 7. The van der Waals surface area contributed by atoms with Crippen molar-refractivity contribution in [1.29, 1.82) is 0 Å². The van der Waals surface area contributed by atoms with Crippen molar-refractivity contribution < 1.29 is 19.4 Å². The number of rotatable bonds is 5. The van der Waals surface area contributed by atoms with Crippen LogP contribution in [-0.4, -0.2) is 27.9 Å². The third-order valence-corrected chi connectivity index (χ3v) is 3.00. The standard InChI is InChI=1S/C15H11N5O6/c21-14(17-11-4-6-12(7-5-11)19(23)24)15(22)18-16-9-10-2-1-3-13(8-10)20(25)26/h1-9H,(H,17,21)(H,18,22)/b16-9-. The van der Waals surface area contributed by atoms with E-state index in [9.17, 15) is 29.8 Å². The number of hydrogen-bond donors (Lipinski definition) is 2. The Bertz CT molecular complexity index is 894. The van der Waals surface area contributed by atoms with E-state index in [0.29, 0.717) is 5.56 Å². The van der Waals surface area contributed by atoms with E-state index in [2.05, 4.69) is 10.4 Å². The summed E-state index contributed by atoms with van der Waals surface area (Å²) in [5.41, 5.74) is 2.22. The molecule has 0 saturated carbocycles. The molecule has 0 aromatic heterocycles. The van der Waals surface area contributed by atoms with E-state index >= 15 is 0 Å². The second-order valence-electron chi connectivity index (χ2n) is 4.81. The van der Waals surface area contributed by atoms with Gasteiger partial charge in [0.1, 0.15) is 0 Å². The van der Waals surface area contributed by atoms with Gasteiger partial charge in [-0.15, -0.1) is 0 Å². The highest BCUT2D eigenvalue weighted by atomic mass is 16.6. The summed E-state index contributed by atoms with van der Waals surface area (Å²) in [5, 5.41) is 27.0. The van der Waals surface area contributed by atoms with Gasteiger partial charge in [0.15, 0.2) is 0 Å². The lowest BCUT2D eigenvalue weighted by atomic mass is 10.2. The highest BCUT2D eigenvalue weighted by Crippen LogP contribution is 2.15. The zero-order valence-corrected chi connectivity index (χ0v) is 13.0. The summed E-state index contributed by atoms with van der Waals surface area (Å²) in [6.45, 7) is 0. The molecule has 0 spiro atoms. The molecular formula is C15H11N5O6. The fourth-order valence-electron chi connectivity index (χ4n) is 1.79. The second-order valence-corrected chi connectivity index (χ2v) is 4.81. The Morgan fingerprint density at radius 2 is 1.58 bits per heavy atom. The lowest BCUT2D eigenvalue weighted by Crippen LogP contribution is -2.32. The van der Waals surface area contributed by atoms with Crippen molar-refractivity contribution in [2.24, 2.45) is 5.10 Å². The Hall–Kier alpha value is -4.15. The number of amides is 2. The van der Waals surface area contributed by atoms with Crippen LogP contribution < -0.4 is 10.7 Å². The lowest BCUT2D eigenvalue weighted by Gasteiger charge is -2.03. The highest BCUT2D eigenvalue weighted by Gasteiger charge is 2.13. The van der Waals surface area contributed by atoms with E-state index < -0.39 is 21.7 Å². The van der Waals surface area contributed by atoms with Crippen LogP contribution in [0, 0.1) is 20.2 Å². The molecule has 2 aromatic rings. The minimum atomic E-state index is -1.08. The van der Waals surface area contributed by atoms with Gasteiger partial charge in [0, 0.05) is 35.5 Å². The number of hydrazone groups is 1. The van der Waals surface area contributed by atoms with Crippen molar-refractivity contribution in [1.82, 2.24) is 5.43 Å². The minimum absolute atomic E-state index is 0.142. The van der Waals surface area contributed by atoms with Gasteiger partial charge in [0.25, 0.3) is 11.4 Å². The fraction of sp³-hybridized carbons (Fsp3) is 0. The third kappa shape index (κ3) is 4.92. The molecule has 0 atom stereocenters. The first-order chi connectivity index (χ1) is 12.4. The number of non-ortho nitro benzene ring substituents is 2. The van der Waals surface area contributed by atoms with Crippen LogP contribution in [0.15, 0.2) is 53.6 Å². The zero-order chi connectivity index (χ0) is 19.1. The van der Waals surface area contributed by atoms with Crippen LogP contribution in [0.5, 0.6) is 0 Å². The van der Waals surface area contributed by atoms with Crippen LogP contribution in [0.2, 0.25) is 0 Å². The molecule has 0 bridgehead atoms. The maximum absolute atomic E-state index is 11.7. The average Bonchev–Trinajstić information content (AvgIpc) is 2.62. The van der Waals surface area contributed by atoms with Crippen molar-refractivity contribution in [3.8, 4) is 0 Å². The predicted molar refractivity (Wildman–Crippen MR) is 90.6 cm³/mol. The fourth-order valence-corrected chi connectivity index (χ4v) is 1.79. The van der Waals surface area contributed by atoms with Gasteiger partial charge in [-0.05, 0) is 12.1 Å². The van der Waals surface area contributed by atoms with Gasteiger partial charge in [-0.25, -0.2) is 5.43 Å². The Kier molecular flexibility index (Phi) is 5.67. The van der Waals surface area contributed by atoms with Gasteiger partial charge in [0.05, 0.1) is 16.1 Å². The first kappa shape index (κ1) is 18.2. The topological polar surface area (TPSA) is 157 Å². The van der Waals surface area contributed by atoms with Crippen LogP contribution in [-0.2, 0) is 9.59 Å². The Labute approximate surface area is 145 Å². The Morgan fingerprint density at radius 1 is 0.923 bits per heavy atom. The Balaban J connectivity index is 1.92. The van der Waals surface area contributed by atoms with Gasteiger partial charge in [-0.3, -0.25) is 29.8 Å². The summed E-state index contributed by atoms with van der Waals surface area (Å²) in [6, 6.07) is 10.4. The molecule has 11 heteroatoms. The van der Waals surface area contributed by atoms with Crippen LogP contribution >= 0.6 is 0 Å².